The fraction of sp³-hybridized carbons (Fsp3) is 0.333. The van der Waals surface area contributed by atoms with Gasteiger partial charge in [0.2, 0.25) is 5.95 Å². The minimum Gasteiger partial charge on any atom is -0.351 e. The maximum atomic E-state index is 12.3. The van der Waals surface area contributed by atoms with Gasteiger partial charge in [-0.25, -0.2) is 9.67 Å². The number of carbonyl (C=O) groups excluding carboxylic acids is 1. The van der Waals surface area contributed by atoms with Crippen molar-refractivity contribution in [2.75, 3.05) is 11.9 Å². The lowest BCUT2D eigenvalue weighted by atomic mass is 9.79. The zero-order chi connectivity index (χ0) is 24.3. The molecule has 0 radical (unpaired) electrons. The highest BCUT2D eigenvalue weighted by molar-refractivity contribution is 5.98. The quantitative estimate of drug-likeness (QED) is 0.447. The summed E-state index contributed by atoms with van der Waals surface area (Å²) in [6.07, 6.45) is 4.65. The molecular formula is C27H29N7O. The standard InChI is InChI=1S/C27H29N7O/c1-16-29-23(17-5-6-17)14-34(16)20-10-7-18(8-11-20)24-31-26(33(4)32-24)30-19-9-12-21-22(13-19)27(2,3)15-28-25(21)35/h7-14,17H,5-6,15H2,1-4H3,(H,28,35)(H,30,31,32). The van der Waals surface area contributed by atoms with Crippen LogP contribution in [-0.2, 0) is 12.5 Å². The minimum absolute atomic E-state index is 0.0232. The normalized spacial score (nSPS) is 16.6. The molecule has 1 fully saturated rings. The van der Waals surface area contributed by atoms with Crippen LogP contribution in [-0.4, -0.2) is 36.8 Å². The van der Waals surface area contributed by atoms with E-state index < -0.39 is 0 Å². The summed E-state index contributed by atoms with van der Waals surface area (Å²) in [4.78, 5) is 21.7. The number of fused-ring (bicyclic) bond motifs is 1. The third kappa shape index (κ3) is 3.88. The number of carbonyl (C=O) groups is 1. The van der Waals surface area contributed by atoms with E-state index in [0.29, 0.717) is 24.2 Å². The number of nitrogens with one attached hydrogen (secondary N) is 2. The molecule has 35 heavy (non-hydrogen) atoms. The van der Waals surface area contributed by atoms with E-state index in [0.717, 1.165) is 33.9 Å². The Kier molecular flexibility index (Phi) is 4.81. The number of amides is 1. The molecule has 2 aromatic heterocycles. The fourth-order valence-electron chi connectivity index (χ4n) is 4.72. The Morgan fingerprint density at radius 1 is 1.09 bits per heavy atom. The fourth-order valence-corrected chi connectivity index (χ4v) is 4.72. The van der Waals surface area contributed by atoms with E-state index in [1.807, 2.05) is 44.3 Å². The van der Waals surface area contributed by atoms with E-state index in [1.165, 1.54) is 18.5 Å². The van der Waals surface area contributed by atoms with Crippen molar-refractivity contribution in [3.05, 3.63) is 71.3 Å². The van der Waals surface area contributed by atoms with Crippen LogP contribution in [0.1, 0.15) is 60.0 Å². The van der Waals surface area contributed by atoms with Gasteiger partial charge in [-0.3, -0.25) is 4.79 Å². The number of anilines is 2. The monoisotopic (exact) mass is 467 g/mol. The maximum absolute atomic E-state index is 12.3. The average Bonchev–Trinajstić information content (AvgIpc) is 3.53. The lowest BCUT2D eigenvalue weighted by Crippen LogP contribution is -2.43. The number of hydrogen-bond donors (Lipinski definition) is 2. The topological polar surface area (TPSA) is 89.7 Å². The van der Waals surface area contributed by atoms with Crippen LogP contribution in [0.25, 0.3) is 17.1 Å². The molecule has 1 saturated carbocycles. The molecule has 0 spiro atoms. The van der Waals surface area contributed by atoms with Gasteiger partial charge < -0.3 is 15.2 Å². The lowest BCUT2D eigenvalue weighted by molar-refractivity contribution is 0.0930. The zero-order valence-electron chi connectivity index (χ0n) is 20.5. The Hall–Kier alpha value is -3.94. The van der Waals surface area contributed by atoms with Gasteiger partial charge in [-0.1, -0.05) is 13.8 Å². The van der Waals surface area contributed by atoms with E-state index in [-0.39, 0.29) is 11.3 Å². The van der Waals surface area contributed by atoms with Crippen molar-refractivity contribution in [3.63, 3.8) is 0 Å². The molecule has 1 aliphatic heterocycles. The van der Waals surface area contributed by atoms with Crippen LogP contribution < -0.4 is 10.6 Å². The molecule has 178 valence electrons. The zero-order valence-corrected chi connectivity index (χ0v) is 20.5. The van der Waals surface area contributed by atoms with Crippen LogP contribution in [0.5, 0.6) is 0 Å². The number of nitrogens with zero attached hydrogens (tertiary/aromatic N) is 5. The molecule has 0 atom stereocenters. The summed E-state index contributed by atoms with van der Waals surface area (Å²) in [5.74, 6) is 2.91. The molecule has 0 bridgehead atoms. The van der Waals surface area contributed by atoms with Crippen molar-refractivity contribution in [1.29, 1.82) is 0 Å². The molecule has 2 aliphatic rings. The van der Waals surface area contributed by atoms with Gasteiger partial charge in [0.15, 0.2) is 5.82 Å². The van der Waals surface area contributed by atoms with E-state index in [4.69, 9.17) is 9.97 Å². The highest BCUT2D eigenvalue weighted by Gasteiger charge is 2.31. The number of hydrogen-bond acceptors (Lipinski definition) is 5. The Balaban J connectivity index is 1.24. The van der Waals surface area contributed by atoms with Crippen molar-refractivity contribution >= 4 is 17.5 Å². The van der Waals surface area contributed by atoms with Gasteiger partial charge in [-0.15, -0.1) is 5.10 Å². The number of rotatable bonds is 5. The van der Waals surface area contributed by atoms with E-state index >= 15 is 0 Å². The van der Waals surface area contributed by atoms with Crippen molar-refractivity contribution in [2.24, 2.45) is 7.05 Å². The van der Waals surface area contributed by atoms with Crippen LogP contribution >= 0.6 is 0 Å². The molecule has 3 heterocycles. The van der Waals surface area contributed by atoms with Gasteiger partial charge in [0, 0.05) is 53.6 Å². The third-order valence-electron chi connectivity index (χ3n) is 7.00. The molecule has 0 unspecified atom stereocenters. The van der Waals surface area contributed by atoms with E-state index in [2.05, 4.69) is 52.5 Å². The van der Waals surface area contributed by atoms with Crippen LogP contribution in [0.4, 0.5) is 11.6 Å². The summed E-state index contributed by atoms with van der Waals surface area (Å²) in [7, 11) is 1.87. The second-order valence-electron chi connectivity index (χ2n) is 10.2. The molecule has 2 aromatic carbocycles. The van der Waals surface area contributed by atoms with Crippen LogP contribution in [0, 0.1) is 6.92 Å². The highest BCUT2D eigenvalue weighted by Crippen LogP contribution is 2.39. The molecular weight excluding hydrogens is 438 g/mol. The second-order valence-corrected chi connectivity index (χ2v) is 10.2. The maximum Gasteiger partial charge on any atom is 0.251 e. The summed E-state index contributed by atoms with van der Waals surface area (Å²) in [6.45, 7) is 6.94. The summed E-state index contributed by atoms with van der Waals surface area (Å²) in [5, 5.41) is 11.0. The van der Waals surface area contributed by atoms with Gasteiger partial charge in [0.1, 0.15) is 5.82 Å². The van der Waals surface area contributed by atoms with Gasteiger partial charge >= 0.3 is 0 Å². The second kappa shape index (κ2) is 7.80. The van der Waals surface area contributed by atoms with Gasteiger partial charge in [-0.05, 0) is 67.8 Å². The van der Waals surface area contributed by atoms with Crippen LogP contribution in [0.3, 0.4) is 0 Å². The Labute approximate surface area is 204 Å². The van der Waals surface area contributed by atoms with Crippen molar-refractivity contribution in [1.82, 2.24) is 29.6 Å². The lowest BCUT2D eigenvalue weighted by Gasteiger charge is -2.32. The minimum atomic E-state index is -0.138. The van der Waals surface area contributed by atoms with Gasteiger partial charge in [0.25, 0.3) is 5.91 Å². The molecule has 8 nitrogen and oxygen atoms in total. The van der Waals surface area contributed by atoms with E-state index in [9.17, 15) is 4.79 Å². The molecule has 8 heteroatoms. The molecule has 2 N–H and O–H groups in total. The first-order valence-corrected chi connectivity index (χ1v) is 12.1. The summed E-state index contributed by atoms with van der Waals surface area (Å²) in [6, 6.07) is 14.1. The van der Waals surface area contributed by atoms with E-state index in [1.54, 1.807) is 4.68 Å². The molecule has 0 saturated heterocycles. The van der Waals surface area contributed by atoms with Crippen molar-refractivity contribution < 1.29 is 4.79 Å². The van der Waals surface area contributed by atoms with Crippen molar-refractivity contribution in [2.45, 2.75) is 44.9 Å². The first kappa shape index (κ1) is 21.6. The van der Waals surface area contributed by atoms with Gasteiger partial charge in [0.05, 0.1) is 5.69 Å². The Morgan fingerprint density at radius 3 is 2.60 bits per heavy atom. The number of aryl methyl sites for hydroxylation is 2. The highest BCUT2D eigenvalue weighted by atomic mass is 16.1. The predicted octanol–water partition coefficient (Wildman–Crippen LogP) is 4.62. The summed E-state index contributed by atoms with van der Waals surface area (Å²) >= 11 is 0. The van der Waals surface area contributed by atoms with Crippen LogP contribution in [0.15, 0.2) is 48.7 Å². The largest absolute Gasteiger partial charge is 0.351 e. The smallest absolute Gasteiger partial charge is 0.251 e. The SMILES string of the molecule is Cc1nc(C2CC2)cn1-c1ccc(-c2nc(Nc3ccc4c(c3)C(C)(C)CNC4=O)n(C)n2)cc1. The molecule has 1 aliphatic carbocycles. The summed E-state index contributed by atoms with van der Waals surface area (Å²) < 4.78 is 3.89. The number of imidazole rings is 1. The first-order valence-electron chi connectivity index (χ1n) is 12.1. The number of aromatic nitrogens is 5. The predicted molar refractivity (Wildman–Crippen MR) is 135 cm³/mol. The van der Waals surface area contributed by atoms with Gasteiger partial charge in [-0.2, -0.15) is 4.98 Å². The van der Waals surface area contributed by atoms with Crippen LogP contribution in [0.2, 0.25) is 0 Å². The molecule has 6 rings (SSSR count). The molecule has 4 aromatic rings. The van der Waals surface area contributed by atoms with Crippen molar-refractivity contribution in [3.8, 4) is 17.1 Å². The Morgan fingerprint density at radius 2 is 1.86 bits per heavy atom. The average molecular weight is 468 g/mol. The number of benzene rings is 2. The first-order chi connectivity index (χ1) is 16.8. The third-order valence-corrected chi connectivity index (χ3v) is 7.00. The summed E-state index contributed by atoms with van der Waals surface area (Å²) in [5.41, 5.74) is 5.72. The Bertz CT molecular complexity index is 1440. The molecule has 1 amide bonds.